The van der Waals surface area contributed by atoms with Crippen molar-refractivity contribution in [2.45, 2.75) is 50.2 Å². The molecule has 4 rings (SSSR count). The fourth-order valence-corrected chi connectivity index (χ4v) is 4.25. The highest BCUT2D eigenvalue weighted by atomic mass is 35.5. The van der Waals surface area contributed by atoms with Crippen molar-refractivity contribution in [3.05, 3.63) is 77.8 Å². The third-order valence-electron chi connectivity index (χ3n) is 5.48. The Labute approximate surface area is 208 Å². The second kappa shape index (κ2) is 11.7. The number of ether oxygens (including phenoxy) is 3. The lowest BCUT2D eigenvalue weighted by Crippen LogP contribution is -2.35. The van der Waals surface area contributed by atoms with E-state index in [1.54, 1.807) is 35.4 Å². The van der Waals surface area contributed by atoms with Crippen LogP contribution < -0.4 is 10.1 Å². The molecular weight excluding hydrogens is 477 g/mol. The van der Waals surface area contributed by atoms with E-state index in [1.165, 1.54) is 6.92 Å². The Morgan fingerprint density at radius 3 is 2.65 bits per heavy atom. The van der Waals surface area contributed by atoms with Crippen molar-refractivity contribution in [1.82, 2.24) is 9.55 Å². The number of imidazole rings is 1. The highest BCUT2D eigenvalue weighted by Gasteiger charge is 2.31. The summed E-state index contributed by atoms with van der Waals surface area (Å²) in [6.45, 7) is 1.87. The maximum atomic E-state index is 11.2. The summed E-state index contributed by atoms with van der Waals surface area (Å²) >= 11 is 12.9. The predicted octanol–water partition coefficient (Wildman–Crippen LogP) is 5.96. The fourth-order valence-electron chi connectivity index (χ4n) is 3.80. The average molecular weight is 504 g/mol. The molecule has 7 nitrogen and oxygen atoms in total. The van der Waals surface area contributed by atoms with Gasteiger partial charge < -0.3 is 24.1 Å². The summed E-state index contributed by atoms with van der Waals surface area (Å²) in [5.74, 6) is 0.597. The van der Waals surface area contributed by atoms with Gasteiger partial charge in [0.15, 0.2) is 6.29 Å². The first-order valence-electron chi connectivity index (χ1n) is 11.2. The Morgan fingerprint density at radius 1 is 1.21 bits per heavy atom. The second-order valence-electron chi connectivity index (χ2n) is 8.13. The molecule has 0 saturated carbocycles. The Morgan fingerprint density at radius 2 is 1.97 bits per heavy atom. The van der Waals surface area contributed by atoms with Crippen molar-refractivity contribution in [2.24, 2.45) is 0 Å². The number of halogens is 2. The van der Waals surface area contributed by atoms with E-state index in [2.05, 4.69) is 10.3 Å². The third-order valence-corrected chi connectivity index (χ3v) is 6.18. The second-order valence-corrected chi connectivity index (χ2v) is 9.01. The van der Waals surface area contributed by atoms with Gasteiger partial charge >= 0.3 is 0 Å². The van der Waals surface area contributed by atoms with Crippen LogP contribution >= 0.6 is 23.2 Å². The monoisotopic (exact) mass is 503 g/mol. The number of hydrogen-bond acceptors (Lipinski definition) is 5. The third kappa shape index (κ3) is 6.73. The van der Waals surface area contributed by atoms with E-state index in [-0.39, 0.29) is 12.0 Å². The molecule has 1 aliphatic rings. The molecule has 2 heterocycles. The highest BCUT2D eigenvalue weighted by molar-refractivity contribution is 6.30. The summed E-state index contributed by atoms with van der Waals surface area (Å²) in [4.78, 5) is 15.3. The molecule has 4 atom stereocenters. The summed E-state index contributed by atoms with van der Waals surface area (Å²) in [6, 6.07) is 14.7. The van der Waals surface area contributed by atoms with Gasteiger partial charge in [-0.1, -0.05) is 35.3 Å². The normalized spacial score (nSPS) is 19.9. The van der Waals surface area contributed by atoms with Crippen molar-refractivity contribution in [1.29, 1.82) is 0 Å². The van der Waals surface area contributed by atoms with E-state index in [0.717, 1.165) is 30.5 Å². The summed E-state index contributed by atoms with van der Waals surface area (Å²) in [6.07, 6.45) is 6.75. The van der Waals surface area contributed by atoms with Crippen LogP contribution in [0.3, 0.4) is 0 Å². The molecule has 2 aromatic carbocycles. The van der Waals surface area contributed by atoms with E-state index >= 15 is 0 Å². The topological polar surface area (TPSA) is 74.6 Å². The van der Waals surface area contributed by atoms with Gasteiger partial charge in [0.25, 0.3) is 0 Å². The van der Waals surface area contributed by atoms with E-state index in [0.29, 0.717) is 17.4 Å². The maximum absolute atomic E-state index is 11.2. The Balaban J connectivity index is 1.37. The molecule has 180 valence electrons. The van der Waals surface area contributed by atoms with Crippen molar-refractivity contribution in [3.8, 4) is 5.75 Å². The van der Waals surface area contributed by atoms with Gasteiger partial charge in [0, 0.05) is 30.0 Å². The van der Waals surface area contributed by atoms with Gasteiger partial charge in [-0.25, -0.2) is 4.98 Å². The zero-order valence-electron chi connectivity index (χ0n) is 18.8. The minimum absolute atomic E-state index is 0.110. The molecule has 1 saturated heterocycles. The number of benzene rings is 2. The summed E-state index contributed by atoms with van der Waals surface area (Å²) in [7, 11) is 0. The van der Waals surface area contributed by atoms with Crippen molar-refractivity contribution in [2.75, 3.05) is 11.9 Å². The number of aromatic nitrogens is 2. The van der Waals surface area contributed by atoms with Crippen LogP contribution in [0.25, 0.3) is 0 Å². The number of amides is 1. The number of hydrogen-bond donors (Lipinski definition) is 1. The van der Waals surface area contributed by atoms with Crippen molar-refractivity contribution in [3.63, 3.8) is 0 Å². The summed E-state index contributed by atoms with van der Waals surface area (Å²) in [5.41, 5.74) is 1.12. The minimum Gasteiger partial charge on any atom is -0.491 e. The molecule has 0 bridgehead atoms. The largest absolute Gasteiger partial charge is 0.491 e. The lowest BCUT2D eigenvalue weighted by atomic mass is 10.1. The number of alkyl halides is 1. The lowest BCUT2D eigenvalue weighted by molar-refractivity contribution is -0.224. The van der Waals surface area contributed by atoms with Crippen LogP contribution in [-0.2, 0) is 14.3 Å². The van der Waals surface area contributed by atoms with Gasteiger partial charge in [-0.15, -0.1) is 0 Å². The molecule has 0 aliphatic carbocycles. The molecule has 3 aromatic rings. The van der Waals surface area contributed by atoms with Gasteiger partial charge in [-0.05, 0) is 61.2 Å². The van der Waals surface area contributed by atoms with Crippen LogP contribution in [0.1, 0.15) is 43.4 Å². The first kappa shape index (κ1) is 24.5. The number of nitrogens with one attached hydrogen (secondary N) is 1. The van der Waals surface area contributed by atoms with E-state index in [4.69, 9.17) is 37.4 Å². The maximum Gasteiger partial charge on any atom is 0.221 e. The van der Waals surface area contributed by atoms with Crippen molar-refractivity contribution >= 4 is 34.8 Å². The highest BCUT2D eigenvalue weighted by Crippen LogP contribution is 2.37. The molecule has 0 radical (unpaired) electrons. The van der Waals surface area contributed by atoms with Gasteiger partial charge in [-0.2, -0.15) is 0 Å². The van der Waals surface area contributed by atoms with Crippen LogP contribution in [-0.4, -0.2) is 34.5 Å². The number of nitrogens with zero attached hydrogens (tertiary/aromatic N) is 2. The van der Waals surface area contributed by atoms with E-state index in [9.17, 15) is 4.79 Å². The molecule has 1 aliphatic heterocycles. The Bertz CT molecular complexity index is 1050. The van der Waals surface area contributed by atoms with Crippen molar-refractivity contribution < 1.29 is 19.0 Å². The molecule has 1 N–H and O–H groups in total. The zero-order valence-corrected chi connectivity index (χ0v) is 20.3. The Kier molecular flexibility index (Phi) is 8.45. The van der Waals surface area contributed by atoms with Crippen LogP contribution in [0.15, 0.2) is 67.3 Å². The average Bonchev–Trinajstić information content (AvgIpc) is 3.37. The molecule has 1 amide bonds. The molecule has 4 unspecified atom stereocenters. The molecule has 0 spiro atoms. The molecular formula is C25H27Cl2N3O4. The number of anilines is 1. The number of rotatable bonds is 9. The fraction of sp³-hybridized carbons (Fsp3) is 0.360. The Hall–Kier alpha value is -2.58. The number of carbonyl (C=O) groups excluding carboxylic acids is 1. The first-order chi connectivity index (χ1) is 16.5. The molecule has 34 heavy (non-hydrogen) atoms. The first-order valence-corrected chi connectivity index (χ1v) is 12.0. The van der Waals surface area contributed by atoms with Gasteiger partial charge in [-0.3, -0.25) is 4.79 Å². The van der Waals surface area contributed by atoms with Crippen LogP contribution in [0.5, 0.6) is 5.75 Å². The minimum atomic E-state index is -0.508. The molecule has 1 fully saturated rings. The lowest BCUT2D eigenvalue weighted by Gasteiger charge is -2.34. The predicted molar refractivity (Wildman–Crippen MR) is 131 cm³/mol. The standard InChI is InChI=1S/C25H27Cl2N3O4/c1-17(31)29-20-9-11-21(12-10-20)32-15-22-3-2-4-23(33-22)34-24(18-5-7-19(26)8-6-18)25(27)30-14-13-28-16-30/h5-14,16,22-25H,2-4,15H2,1H3,(H,29,31). The molecule has 9 heteroatoms. The van der Waals surface area contributed by atoms with Gasteiger partial charge in [0.05, 0.1) is 12.4 Å². The van der Waals surface area contributed by atoms with E-state index < -0.39 is 17.9 Å². The summed E-state index contributed by atoms with van der Waals surface area (Å²) in [5, 5.41) is 3.38. The molecule has 1 aromatic heterocycles. The smallest absolute Gasteiger partial charge is 0.221 e. The van der Waals surface area contributed by atoms with Crippen LogP contribution in [0.4, 0.5) is 5.69 Å². The van der Waals surface area contributed by atoms with Gasteiger partial charge in [0.2, 0.25) is 5.91 Å². The quantitative estimate of drug-likeness (QED) is 0.364. The zero-order chi connectivity index (χ0) is 23.9. The van der Waals surface area contributed by atoms with E-state index in [1.807, 2.05) is 36.4 Å². The SMILES string of the molecule is CC(=O)Nc1ccc(OCC2CCCC(OC(c3ccc(Cl)cc3)C(Cl)n3ccnc3)O2)cc1. The van der Waals surface area contributed by atoms with Crippen LogP contribution in [0.2, 0.25) is 5.02 Å². The van der Waals surface area contributed by atoms with Crippen LogP contribution in [0, 0.1) is 0 Å². The van der Waals surface area contributed by atoms with Gasteiger partial charge in [0.1, 0.15) is 24.0 Å². The number of carbonyl (C=O) groups is 1. The summed E-state index contributed by atoms with van der Waals surface area (Å²) < 4.78 is 20.3.